The summed E-state index contributed by atoms with van der Waals surface area (Å²) in [4.78, 5) is 31.2. The molecule has 1 fully saturated rings. The van der Waals surface area contributed by atoms with Crippen molar-refractivity contribution in [3.8, 4) is 0 Å². The quantitative estimate of drug-likeness (QED) is 0.782. The lowest BCUT2D eigenvalue weighted by molar-refractivity contribution is -0.141. The van der Waals surface area contributed by atoms with Crippen LogP contribution in [0.1, 0.15) is 35.2 Å². The molecule has 0 spiro atoms. The van der Waals surface area contributed by atoms with Crippen molar-refractivity contribution in [1.82, 2.24) is 9.88 Å². The van der Waals surface area contributed by atoms with E-state index in [1.807, 2.05) is 13.8 Å². The number of carbonyl (C=O) groups excluding carboxylic acids is 2. The molecule has 1 aliphatic heterocycles. The lowest BCUT2D eigenvalue weighted by Crippen LogP contribution is -2.33. The molecule has 4 nitrogen and oxygen atoms in total. The minimum atomic E-state index is -0.440. The molecule has 0 saturated carbocycles. The summed E-state index contributed by atoms with van der Waals surface area (Å²) >= 11 is 1.49. The normalized spacial score (nSPS) is 18.0. The van der Waals surface area contributed by atoms with Crippen LogP contribution >= 0.6 is 11.3 Å². The number of likely N-dealkylation sites (tertiary alicyclic amines) is 1. The molecule has 1 aromatic heterocycles. The van der Waals surface area contributed by atoms with Gasteiger partial charge in [-0.2, -0.15) is 0 Å². The summed E-state index contributed by atoms with van der Waals surface area (Å²) in [5.41, 5.74) is 1.06. The van der Waals surface area contributed by atoms with Crippen LogP contribution in [0.2, 0.25) is 0 Å². The van der Waals surface area contributed by atoms with Gasteiger partial charge in [0.15, 0.2) is 0 Å². The molecule has 1 aromatic carbocycles. The molecule has 126 valence electrons. The van der Waals surface area contributed by atoms with Crippen LogP contribution < -0.4 is 0 Å². The number of rotatable bonds is 5. The Labute approximate surface area is 144 Å². The number of aromatic nitrogens is 1. The molecular formula is C18H19FN2O2S. The predicted octanol–water partition coefficient (Wildman–Crippen LogP) is 2.97. The van der Waals surface area contributed by atoms with E-state index in [0.29, 0.717) is 11.6 Å². The molecule has 0 radical (unpaired) electrons. The maximum atomic E-state index is 12.9. The van der Waals surface area contributed by atoms with E-state index in [1.165, 1.54) is 23.5 Å². The predicted molar refractivity (Wildman–Crippen MR) is 90.5 cm³/mol. The zero-order chi connectivity index (χ0) is 17.3. The molecule has 0 aliphatic carbocycles. The monoisotopic (exact) mass is 346 g/mol. The van der Waals surface area contributed by atoms with Gasteiger partial charge in [0.05, 0.1) is 5.92 Å². The fourth-order valence-electron chi connectivity index (χ4n) is 2.81. The maximum absolute atomic E-state index is 12.9. The van der Waals surface area contributed by atoms with Gasteiger partial charge in [-0.25, -0.2) is 9.37 Å². The lowest BCUT2D eigenvalue weighted by Gasteiger charge is -2.19. The smallest absolute Gasteiger partial charge is 0.291 e. The van der Waals surface area contributed by atoms with Gasteiger partial charge < -0.3 is 4.90 Å². The van der Waals surface area contributed by atoms with Crippen molar-refractivity contribution < 1.29 is 14.0 Å². The number of hydrogen-bond donors (Lipinski definition) is 0. The maximum Gasteiger partial charge on any atom is 0.291 e. The summed E-state index contributed by atoms with van der Waals surface area (Å²) in [6, 6.07) is 6.48. The van der Waals surface area contributed by atoms with Gasteiger partial charge in [-0.05, 0) is 44.4 Å². The Hall–Kier alpha value is -2.08. The van der Waals surface area contributed by atoms with Crippen molar-refractivity contribution in [1.29, 1.82) is 0 Å². The topological polar surface area (TPSA) is 50.3 Å². The lowest BCUT2D eigenvalue weighted by atomic mass is 10.1. The van der Waals surface area contributed by atoms with Crippen molar-refractivity contribution in [3.63, 3.8) is 0 Å². The number of halogens is 1. The Balaban J connectivity index is 1.66. The third-order valence-corrected chi connectivity index (χ3v) is 5.40. The Morgan fingerprint density at radius 1 is 1.25 bits per heavy atom. The highest BCUT2D eigenvalue weighted by Crippen LogP contribution is 2.30. The molecule has 1 atom stereocenters. The number of benzene rings is 1. The van der Waals surface area contributed by atoms with Crippen molar-refractivity contribution in [2.24, 2.45) is 0 Å². The molecule has 0 N–H and O–H groups in total. The average molecular weight is 346 g/mol. The first kappa shape index (κ1) is 16.8. The van der Waals surface area contributed by atoms with E-state index >= 15 is 0 Å². The average Bonchev–Trinajstić information content (AvgIpc) is 3.13. The van der Waals surface area contributed by atoms with Crippen LogP contribution in [-0.2, 0) is 22.4 Å². The molecule has 0 bridgehead atoms. The summed E-state index contributed by atoms with van der Waals surface area (Å²) in [7, 11) is 0. The van der Waals surface area contributed by atoms with Gasteiger partial charge in [-0.1, -0.05) is 12.1 Å². The molecule has 1 amide bonds. The first-order chi connectivity index (χ1) is 11.5. The van der Waals surface area contributed by atoms with Gasteiger partial charge in [0.25, 0.3) is 5.91 Å². The highest BCUT2D eigenvalue weighted by molar-refractivity contribution is 7.11. The molecule has 1 saturated heterocycles. The van der Waals surface area contributed by atoms with Crippen LogP contribution in [0.4, 0.5) is 4.39 Å². The standard InChI is InChI=1S/C18H19FN2O2S/c1-11(2)21-10-15(16(22)18(21)23)17-20-9-14(24-17)8-5-12-3-6-13(19)7-4-12/h3-4,6-7,9,11,15H,5,8,10H2,1-2H3. The Kier molecular flexibility index (Phi) is 4.76. The number of aryl methyl sites for hydroxylation is 2. The van der Waals surface area contributed by atoms with Crippen molar-refractivity contribution in [2.75, 3.05) is 6.54 Å². The van der Waals surface area contributed by atoms with Gasteiger partial charge in [0.2, 0.25) is 5.78 Å². The molecule has 24 heavy (non-hydrogen) atoms. The van der Waals surface area contributed by atoms with Crippen LogP contribution in [0, 0.1) is 5.82 Å². The Bertz CT molecular complexity index is 755. The Morgan fingerprint density at radius 2 is 1.96 bits per heavy atom. The van der Waals surface area contributed by atoms with Gasteiger partial charge in [0.1, 0.15) is 10.8 Å². The van der Waals surface area contributed by atoms with Gasteiger partial charge in [-0.3, -0.25) is 9.59 Å². The summed E-state index contributed by atoms with van der Waals surface area (Å²) in [6.07, 6.45) is 3.35. The van der Waals surface area contributed by atoms with Gasteiger partial charge >= 0.3 is 0 Å². The van der Waals surface area contributed by atoms with Gasteiger partial charge in [0, 0.05) is 23.7 Å². The molecule has 1 unspecified atom stereocenters. The zero-order valence-corrected chi connectivity index (χ0v) is 14.5. The van der Waals surface area contributed by atoms with E-state index < -0.39 is 11.8 Å². The molecule has 3 rings (SSSR count). The van der Waals surface area contributed by atoms with E-state index in [1.54, 1.807) is 23.2 Å². The van der Waals surface area contributed by atoms with Crippen LogP contribution in [0.5, 0.6) is 0 Å². The third kappa shape index (κ3) is 3.38. The number of hydrogen-bond acceptors (Lipinski definition) is 4. The molecule has 6 heteroatoms. The molecule has 2 heterocycles. The molecule has 1 aliphatic rings. The summed E-state index contributed by atoms with van der Waals surface area (Å²) in [5.74, 6) is -1.44. The van der Waals surface area contributed by atoms with Crippen LogP contribution in [0.15, 0.2) is 30.5 Å². The van der Waals surface area contributed by atoms with E-state index in [2.05, 4.69) is 4.98 Å². The number of nitrogens with zero attached hydrogens (tertiary/aromatic N) is 2. The van der Waals surface area contributed by atoms with Crippen LogP contribution in [-0.4, -0.2) is 34.2 Å². The number of ketones is 1. The molecular weight excluding hydrogens is 327 g/mol. The van der Waals surface area contributed by atoms with E-state index in [-0.39, 0.29) is 17.6 Å². The SMILES string of the molecule is CC(C)N1CC(c2ncc(CCc3ccc(F)cc3)s2)C(=O)C1=O. The van der Waals surface area contributed by atoms with Crippen LogP contribution in [0.25, 0.3) is 0 Å². The number of amides is 1. The summed E-state index contributed by atoms with van der Waals surface area (Å²) in [6.45, 7) is 4.23. The van der Waals surface area contributed by atoms with E-state index in [0.717, 1.165) is 23.3 Å². The largest absolute Gasteiger partial charge is 0.332 e. The number of carbonyl (C=O) groups is 2. The second-order valence-corrected chi connectivity index (χ2v) is 7.41. The second-order valence-electron chi connectivity index (χ2n) is 6.26. The summed E-state index contributed by atoms with van der Waals surface area (Å²) < 4.78 is 12.9. The minimum absolute atomic E-state index is 0.0179. The van der Waals surface area contributed by atoms with E-state index in [9.17, 15) is 14.0 Å². The number of thiazole rings is 1. The molecule has 2 aromatic rings. The Morgan fingerprint density at radius 3 is 2.58 bits per heavy atom. The third-order valence-electron chi connectivity index (χ3n) is 4.23. The minimum Gasteiger partial charge on any atom is -0.332 e. The zero-order valence-electron chi connectivity index (χ0n) is 13.7. The van der Waals surface area contributed by atoms with Crippen LogP contribution in [0.3, 0.4) is 0 Å². The van der Waals surface area contributed by atoms with Crippen molar-refractivity contribution in [2.45, 2.75) is 38.6 Å². The fraction of sp³-hybridized carbons (Fsp3) is 0.389. The highest BCUT2D eigenvalue weighted by atomic mass is 32.1. The summed E-state index contributed by atoms with van der Waals surface area (Å²) in [5, 5.41) is 0.714. The first-order valence-corrected chi connectivity index (χ1v) is 8.81. The first-order valence-electron chi connectivity index (χ1n) is 7.99. The fourth-order valence-corrected chi connectivity index (χ4v) is 3.81. The second kappa shape index (κ2) is 6.81. The number of Topliss-reactive ketones (excluding diaryl/α,β-unsaturated/α-hetero) is 1. The van der Waals surface area contributed by atoms with Crippen molar-refractivity contribution in [3.05, 3.63) is 51.7 Å². The highest BCUT2D eigenvalue weighted by Gasteiger charge is 2.42. The van der Waals surface area contributed by atoms with Crippen molar-refractivity contribution >= 4 is 23.0 Å². The van der Waals surface area contributed by atoms with Gasteiger partial charge in [-0.15, -0.1) is 11.3 Å². The van der Waals surface area contributed by atoms with E-state index in [4.69, 9.17) is 0 Å².